The number of carbonyl (C=O) groups is 2. The number of nitrogens with zero attached hydrogens (tertiary/aromatic N) is 2. The average molecular weight is 402 g/mol. The molecular formula is C20H27N5O2S. The number of nitrogens with one attached hydrogen (secondary N) is 2. The van der Waals surface area contributed by atoms with Gasteiger partial charge in [0.05, 0.1) is 0 Å². The molecule has 1 atom stereocenters. The van der Waals surface area contributed by atoms with Crippen molar-refractivity contribution in [3.8, 4) is 0 Å². The summed E-state index contributed by atoms with van der Waals surface area (Å²) < 4.78 is 0. The first-order valence-electron chi connectivity index (χ1n) is 9.42. The van der Waals surface area contributed by atoms with Crippen LogP contribution in [0.1, 0.15) is 39.9 Å². The van der Waals surface area contributed by atoms with Crippen molar-refractivity contribution in [1.29, 1.82) is 0 Å². The lowest BCUT2D eigenvalue weighted by molar-refractivity contribution is -0.120. The first-order valence-corrected chi connectivity index (χ1v) is 10.5. The van der Waals surface area contributed by atoms with Gasteiger partial charge in [0.15, 0.2) is 5.96 Å². The minimum atomic E-state index is -0.167. The van der Waals surface area contributed by atoms with Gasteiger partial charge in [-0.25, -0.2) is 4.99 Å². The molecule has 8 heteroatoms. The Bertz CT molecular complexity index is 849. The van der Waals surface area contributed by atoms with Crippen molar-refractivity contribution in [3.63, 3.8) is 0 Å². The zero-order valence-corrected chi connectivity index (χ0v) is 17.4. The van der Waals surface area contributed by atoms with Crippen molar-refractivity contribution in [1.82, 2.24) is 15.5 Å². The van der Waals surface area contributed by atoms with Crippen LogP contribution in [0.2, 0.25) is 0 Å². The molecule has 3 rings (SSSR count). The van der Waals surface area contributed by atoms with Crippen molar-refractivity contribution >= 4 is 35.2 Å². The smallest absolute Gasteiger partial charge is 0.253 e. The third-order valence-electron chi connectivity index (χ3n) is 4.89. The summed E-state index contributed by atoms with van der Waals surface area (Å²) in [5, 5.41) is 5.87. The maximum absolute atomic E-state index is 13.0. The van der Waals surface area contributed by atoms with Crippen molar-refractivity contribution in [2.75, 3.05) is 25.9 Å². The van der Waals surface area contributed by atoms with Gasteiger partial charge >= 0.3 is 0 Å². The van der Waals surface area contributed by atoms with Crippen LogP contribution in [-0.2, 0) is 4.79 Å². The molecule has 2 aliphatic heterocycles. The average Bonchev–Trinajstić information content (AvgIpc) is 2.63. The number of aryl methyl sites for hydroxylation is 2. The van der Waals surface area contributed by atoms with E-state index in [1.54, 1.807) is 23.7 Å². The Morgan fingerprint density at radius 3 is 2.75 bits per heavy atom. The van der Waals surface area contributed by atoms with Crippen molar-refractivity contribution in [2.24, 2.45) is 10.7 Å². The quantitative estimate of drug-likeness (QED) is 0.613. The van der Waals surface area contributed by atoms with Gasteiger partial charge in [-0.15, -0.1) is 11.8 Å². The summed E-state index contributed by atoms with van der Waals surface area (Å²) in [6, 6.07) is 3.97. The third kappa shape index (κ3) is 4.67. The zero-order chi connectivity index (χ0) is 20.3. The van der Waals surface area contributed by atoms with Gasteiger partial charge in [-0.1, -0.05) is 6.07 Å². The number of thioether (sulfide) groups is 1. The van der Waals surface area contributed by atoms with Gasteiger partial charge in [-0.05, 0) is 43.5 Å². The number of hydrogen-bond acceptors (Lipinski definition) is 6. The van der Waals surface area contributed by atoms with E-state index in [0.717, 1.165) is 28.8 Å². The second-order valence-corrected chi connectivity index (χ2v) is 8.37. The van der Waals surface area contributed by atoms with Gasteiger partial charge in [0.2, 0.25) is 5.91 Å². The molecule has 7 nitrogen and oxygen atoms in total. The van der Waals surface area contributed by atoms with Gasteiger partial charge < -0.3 is 21.3 Å². The molecule has 0 saturated carbocycles. The summed E-state index contributed by atoms with van der Waals surface area (Å²) >= 11 is 1.58. The Morgan fingerprint density at radius 2 is 1.96 bits per heavy atom. The topological polar surface area (TPSA) is 99.8 Å². The van der Waals surface area contributed by atoms with Crippen molar-refractivity contribution in [2.45, 2.75) is 32.1 Å². The Kier molecular flexibility index (Phi) is 6.28. The number of nitrogens with two attached hydrogens (primary N) is 1. The van der Waals surface area contributed by atoms with Crippen LogP contribution in [0.15, 0.2) is 23.2 Å². The third-order valence-corrected chi connectivity index (χ3v) is 5.91. The predicted molar refractivity (Wildman–Crippen MR) is 114 cm³/mol. The van der Waals surface area contributed by atoms with E-state index in [2.05, 4.69) is 15.6 Å². The first kappa shape index (κ1) is 20.3. The summed E-state index contributed by atoms with van der Waals surface area (Å²) in [4.78, 5) is 31.1. The summed E-state index contributed by atoms with van der Waals surface area (Å²) in [5.41, 5.74) is 10.5. The lowest BCUT2D eigenvalue weighted by atomic mass is 9.96. The van der Waals surface area contributed by atoms with Gasteiger partial charge in [0.1, 0.15) is 5.37 Å². The lowest BCUT2D eigenvalue weighted by Gasteiger charge is -2.24. The van der Waals surface area contributed by atoms with E-state index in [4.69, 9.17) is 5.73 Å². The van der Waals surface area contributed by atoms with Gasteiger partial charge in [0.25, 0.3) is 5.91 Å². The number of hydrogen-bond donors (Lipinski definition) is 3. The molecule has 0 aromatic heterocycles. The molecule has 0 saturated heterocycles. The van der Waals surface area contributed by atoms with E-state index in [1.807, 2.05) is 32.1 Å². The molecule has 4 bridgehead atoms. The van der Waals surface area contributed by atoms with Gasteiger partial charge in [-0.3, -0.25) is 9.59 Å². The van der Waals surface area contributed by atoms with E-state index >= 15 is 0 Å². The van der Waals surface area contributed by atoms with Crippen LogP contribution in [0, 0.1) is 13.8 Å². The van der Waals surface area contributed by atoms with E-state index in [0.29, 0.717) is 36.8 Å². The molecule has 0 radical (unpaired) electrons. The van der Waals surface area contributed by atoms with Crippen molar-refractivity contribution < 1.29 is 9.59 Å². The van der Waals surface area contributed by atoms with E-state index in [1.165, 1.54) is 0 Å². The molecule has 2 aliphatic rings. The summed E-state index contributed by atoms with van der Waals surface area (Å²) in [7, 11) is 1.79. The van der Waals surface area contributed by atoms with Crippen LogP contribution in [0.3, 0.4) is 0 Å². The first-order chi connectivity index (χ1) is 13.3. The van der Waals surface area contributed by atoms with Crippen LogP contribution in [0.25, 0.3) is 5.70 Å². The summed E-state index contributed by atoms with van der Waals surface area (Å²) in [5.74, 6) is 0.986. The number of guanidine groups is 1. The number of carbonyl (C=O) groups excluding carboxylic acids is 2. The normalized spacial score (nSPS) is 21.4. The monoisotopic (exact) mass is 401 g/mol. The minimum absolute atomic E-state index is 0.0144. The molecule has 2 amide bonds. The molecule has 0 aliphatic carbocycles. The van der Waals surface area contributed by atoms with Crippen LogP contribution in [0.5, 0.6) is 0 Å². The number of fused-ring (bicyclic) bond motifs is 4. The molecule has 28 heavy (non-hydrogen) atoms. The summed E-state index contributed by atoms with van der Waals surface area (Å²) in [6.07, 6.45) is 3.14. The molecule has 2 heterocycles. The second kappa shape index (κ2) is 8.68. The molecule has 150 valence electrons. The Morgan fingerprint density at radius 1 is 1.21 bits per heavy atom. The predicted octanol–water partition coefficient (Wildman–Crippen LogP) is 1.60. The molecule has 4 N–H and O–H groups in total. The number of benzene rings is 1. The second-order valence-electron chi connectivity index (χ2n) is 7.14. The van der Waals surface area contributed by atoms with Gasteiger partial charge in [0, 0.05) is 49.1 Å². The molecule has 0 spiro atoms. The van der Waals surface area contributed by atoms with Crippen LogP contribution < -0.4 is 16.4 Å². The van der Waals surface area contributed by atoms with Gasteiger partial charge in [-0.2, -0.15) is 0 Å². The SMILES string of the molecule is Cc1cc(C)c2cc1C(=O)N(C)CCCNC(=O)CCSC1C=C2NC(N)=N1. The van der Waals surface area contributed by atoms with E-state index in [-0.39, 0.29) is 17.2 Å². The molecule has 1 unspecified atom stereocenters. The fraction of sp³-hybridized carbons (Fsp3) is 0.450. The summed E-state index contributed by atoms with van der Waals surface area (Å²) in [6.45, 7) is 5.12. The fourth-order valence-corrected chi connectivity index (χ4v) is 4.32. The highest BCUT2D eigenvalue weighted by atomic mass is 32.2. The van der Waals surface area contributed by atoms with E-state index in [9.17, 15) is 9.59 Å². The molecule has 1 aromatic rings. The molecule has 1 aromatic carbocycles. The van der Waals surface area contributed by atoms with Crippen LogP contribution in [0.4, 0.5) is 0 Å². The van der Waals surface area contributed by atoms with Crippen LogP contribution >= 0.6 is 11.8 Å². The lowest BCUT2D eigenvalue weighted by Crippen LogP contribution is -2.35. The highest BCUT2D eigenvalue weighted by Gasteiger charge is 2.21. The Labute approximate surface area is 169 Å². The molecule has 0 fully saturated rings. The van der Waals surface area contributed by atoms with E-state index < -0.39 is 0 Å². The molecular weight excluding hydrogens is 374 g/mol. The fourth-order valence-electron chi connectivity index (χ4n) is 3.36. The number of rotatable bonds is 0. The highest BCUT2D eigenvalue weighted by Crippen LogP contribution is 2.27. The largest absolute Gasteiger partial charge is 0.370 e. The van der Waals surface area contributed by atoms with Crippen LogP contribution in [-0.4, -0.2) is 53.9 Å². The number of aliphatic imine (C=N–C) groups is 1. The maximum Gasteiger partial charge on any atom is 0.253 e. The minimum Gasteiger partial charge on any atom is -0.370 e. The Hall–Kier alpha value is -2.48. The zero-order valence-electron chi connectivity index (χ0n) is 16.5. The van der Waals surface area contributed by atoms with Crippen molar-refractivity contribution in [3.05, 3.63) is 40.5 Å². The standard InChI is InChI=1S/C20H27N5O2S/c1-12-9-13(2)15-10-14(12)16-11-18(24-20(21)23-16)28-8-5-17(26)22-6-4-7-25(3)19(15)27/h9-11,18H,4-8H2,1-3H3,(H,22,26)(H3,21,23,24). The number of amides is 2. The maximum atomic E-state index is 13.0. The Balaban J connectivity index is 2.00. The highest BCUT2D eigenvalue weighted by molar-refractivity contribution is 8.00.